The first-order valence-corrected chi connectivity index (χ1v) is 24.6. The van der Waals surface area contributed by atoms with Gasteiger partial charge in [0.15, 0.2) is 12.4 Å². The van der Waals surface area contributed by atoms with Crippen molar-refractivity contribution in [2.24, 2.45) is 0 Å². The summed E-state index contributed by atoms with van der Waals surface area (Å²) in [6, 6.07) is 0. The first kappa shape index (κ1) is 57.5. The lowest BCUT2D eigenvalue weighted by molar-refractivity contribution is -0.870. The van der Waals surface area contributed by atoms with E-state index in [0.29, 0.717) is 23.9 Å². The third-order valence-electron chi connectivity index (χ3n) is 10.6. The first-order valence-electron chi connectivity index (χ1n) is 24.6. The number of carboxylic acids is 1. The number of esters is 2. The van der Waals surface area contributed by atoms with Gasteiger partial charge >= 0.3 is 11.9 Å². The molecule has 0 N–H and O–H groups in total. The average molecular weight is 848 g/mol. The Balaban J connectivity index is 4.39. The highest BCUT2D eigenvalue weighted by Gasteiger charge is 2.21. The Hall–Kier alpha value is -2.49. The van der Waals surface area contributed by atoms with Gasteiger partial charge in [0.05, 0.1) is 40.3 Å². The van der Waals surface area contributed by atoms with E-state index in [4.69, 9.17) is 18.9 Å². The van der Waals surface area contributed by atoms with Gasteiger partial charge < -0.3 is 33.3 Å². The topological polar surface area (TPSA) is 111 Å². The third kappa shape index (κ3) is 43.6. The maximum Gasteiger partial charge on any atom is 0.306 e. The van der Waals surface area contributed by atoms with Gasteiger partial charge in [0, 0.05) is 12.8 Å². The molecule has 60 heavy (non-hydrogen) atoms. The Labute approximate surface area is 369 Å². The van der Waals surface area contributed by atoms with E-state index in [0.717, 1.165) is 70.6 Å². The molecule has 0 fully saturated rings. The summed E-state index contributed by atoms with van der Waals surface area (Å²) in [6.45, 7) is 4.73. The Morgan fingerprint density at radius 1 is 0.500 bits per heavy atom. The molecule has 0 radical (unpaired) electrons. The number of likely N-dealkylation sites (N-methyl/N-ethyl adjacent to an activating group) is 1. The van der Waals surface area contributed by atoms with Gasteiger partial charge in [-0.1, -0.05) is 185 Å². The zero-order chi connectivity index (χ0) is 44.2. The fourth-order valence-corrected chi connectivity index (χ4v) is 6.78. The Bertz CT molecular complexity index is 1080. The Morgan fingerprint density at radius 3 is 1.33 bits per heavy atom. The van der Waals surface area contributed by atoms with Crippen molar-refractivity contribution in [3.63, 3.8) is 0 Å². The number of aliphatic carboxylic acids is 1. The quantitative estimate of drug-likeness (QED) is 0.0196. The molecule has 0 aromatic rings. The van der Waals surface area contributed by atoms with Crippen molar-refractivity contribution in [3.8, 4) is 0 Å². The molecule has 0 saturated carbocycles. The summed E-state index contributed by atoms with van der Waals surface area (Å²) in [5.74, 6) is -2.29. The van der Waals surface area contributed by atoms with Gasteiger partial charge in [-0.3, -0.25) is 9.59 Å². The number of carbonyl (C=O) groups excluding carboxylic acids is 3. The van der Waals surface area contributed by atoms with Gasteiger partial charge in [-0.2, -0.15) is 0 Å². The molecule has 2 unspecified atom stereocenters. The molecular formula is C51H93NO8. The maximum absolute atomic E-state index is 12.8. The van der Waals surface area contributed by atoms with Gasteiger partial charge in [0.2, 0.25) is 0 Å². The number of carbonyl (C=O) groups is 3. The number of quaternary nitrogens is 1. The minimum Gasteiger partial charge on any atom is -0.545 e. The molecular weight excluding hydrogens is 755 g/mol. The van der Waals surface area contributed by atoms with Gasteiger partial charge in [-0.05, 0) is 51.4 Å². The first-order chi connectivity index (χ1) is 29.1. The second kappa shape index (κ2) is 43.2. The van der Waals surface area contributed by atoms with E-state index in [1.807, 2.05) is 21.1 Å². The fraction of sp³-hybridized carbons (Fsp3) is 0.824. The molecule has 0 rings (SSSR count). The van der Waals surface area contributed by atoms with Crippen LogP contribution in [0.25, 0.3) is 0 Å². The number of carboxylic acid groups (broad SMARTS) is 1. The SMILES string of the molecule is CCCCCCC/C=C\C/C=C\C/C=C\CCCCCCCCC(=O)OC(COC(=O)CCCCCCCCCCCCCCCC)COC(OCC[N+](C)(C)C)C(=O)[O-]. The lowest BCUT2D eigenvalue weighted by atomic mass is 10.0. The second-order valence-corrected chi connectivity index (χ2v) is 17.8. The number of rotatable bonds is 45. The van der Waals surface area contributed by atoms with Crippen molar-refractivity contribution in [1.29, 1.82) is 0 Å². The number of hydrogen-bond donors (Lipinski definition) is 0. The smallest absolute Gasteiger partial charge is 0.306 e. The maximum atomic E-state index is 12.8. The predicted octanol–water partition coefficient (Wildman–Crippen LogP) is 12.1. The van der Waals surface area contributed by atoms with Gasteiger partial charge in [0.1, 0.15) is 13.2 Å². The minimum absolute atomic E-state index is 0.146. The number of ether oxygens (including phenoxy) is 4. The molecule has 9 nitrogen and oxygen atoms in total. The van der Waals surface area contributed by atoms with E-state index >= 15 is 0 Å². The van der Waals surface area contributed by atoms with Crippen LogP contribution in [0.3, 0.4) is 0 Å². The molecule has 0 amide bonds. The van der Waals surface area contributed by atoms with Crippen molar-refractivity contribution >= 4 is 17.9 Å². The molecule has 0 spiro atoms. The van der Waals surface area contributed by atoms with Crippen LogP contribution in [0, 0.1) is 0 Å². The van der Waals surface area contributed by atoms with Crippen LogP contribution in [0.15, 0.2) is 36.5 Å². The van der Waals surface area contributed by atoms with Crippen LogP contribution in [-0.2, 0) is 33.3 Å². The van der Waals surface area contributed by atoms with Crippen molar-refractivity contribution in [3.05, 3.63) is 36.5 Å². The largest absolute Gasteiger partial charge is 0.545 e. The van der Waals surface area contributed by atoms with E-state index in [9.17, 15) is 19.5 Å². The molecule has 0 heterocycles. The molecule has 0 aliphatic heterocycles. The highest BCUT2D eigenvalue weighted by Crippen LogP contribution is 2.15. The highest BCUT2D eigenvalue weighted by molar-refractivity contribution is 5.70. The summed E-state index contributed by atoms with van der Waals surface area (Å²) in [7, 11) is 5.91. The van der Waals surface area contributed by atoms with Crippen LogP contribution in [0.4, 0.5) is 0 Å². The zero-order valence-corrected chi connectivity index (χ0v) is 39.6. The lowest BCUT2D eigenvalue weighted by Crippen LogP contribution is -2.44. The average Bonchev–Trinajstić information content (AvgIpc) is 3.21. The van der Waals surface area contributed by atoms with Gasteiger partial charge in [-0.15, -0.1) is 0 Å². The molecule has 350 valence electrons. The number of unbranched alkanes of at least 4 members (excludes halogenated alkanes) is 24. The number of nitrogens with zero attached hydrogens (tertiary/aromatic N) is 1. The molecule has 2 atom stereocenters. The standard InChI is InChI=1S/C51H93NO8/c1-6-8-10-12-14-16-18-20-22-23-24-25-26-27-28-30-32-34-36-38-40-42-49(54)60-47(46-59-51(50(55)56)57-44-43-52(3,4)5)45-58-48(53)41-39-37-35-33-31-29-21-19-17-15-13-11-9-7-2/h18,20,23-24,26-27,47,51H,6-17,19,21-22,25,28-46H2,1-5H3/b20-18-,24-23-,27-26-. The zero-order valence-electron chi connectivity index (χ0n) is 39.6. The van der Waals surface area contributed by atoms with Gasteiger partial charge in [0.25, 0.3) is 0 Å². The van der Waals surface area contributed by atoms with E-state index in [1.54, 1.807) is 0 Å². The lowest BCUT2D eigenvalue weighted by Gasteiger charge is -2.26. The second-order valence-electron chi connectivity index (χ2n) is 17.8. The van der Waals surface area contributed by atoms with E-state index in [2.05, 4.69) is 50.3 Å². The van der Waals surface area contributed by atoms with Crippen molar-refractivity contribution < 1.29 is 42.9 Å². The summed E-state index contributed by atoms with van der Waals surface area (Å²) >= 11 is 0. The minimum atomic E-state index is -1.62. The number of allylic oxidation sites excluding steroid dienone is 6. The third-order valence-corrected chi connectivity index (χ3v) is 10.6. The summed E-state index contributed by atoms with van der Waals surface area (Å²) in [5.41, 5.74) is 0. The highest BCUT2D eigenvalue weighted by atomic mass is 16.7. The predicted molar refractivity (Wildman–Crippen MR) is 246 cm³/mol. The Kier molecular flexibility index (Phi) is 41.4. The molecule has 9 heteroatoms. The molecule has 0 aromatic heterocycles. The van der Waals surface area contributed by atoms with Crippen LogP contribution in [0.5, 0.6) is 0 Å². The van der Waals surface area contributed by atoms with E-state index < -0.39 is 24.3 Å². The fourth-order valence-electron chi connectivity index (χ4n) is 6.78. The summed E-state index contributed by atoms with van der Waals surface area (Å²) in [5, 5.41) is 11.7. The Morgan fingerprint density at radius 2 is 0.900 bits per heavy atom. The molecule has 0 saturated heterocycles. The van der Waals surface area contributed by atoms with E-state index in [1.165, 1.54) is 109 Å². The molecule has 0 aliphatic rings. The van der Waals surface area contributed by atoms with Crippen molar-refractivity contribution in [1.82, 2.24) is 0 Å². The van der Waals surface area contributed by atoms with Gasteiger partial charge in [-0.25, -0.2) is 0 Å². The summed E-state index contributed by atoms with van der Waals surface area (Å²) in [4.78, 5) is 37.1. The summed E-state index contributed by atoms with van der Waals surface area (Å²) in [6.07, 6.45) is 46.0. The molecule has 0 aromatic carbocycles. The molecule has 0 bridgehead atoms. The monoisotopic (exact) mass is 848 g/mol. The van der Waals surface area contributed by atoms with Crippen LogP contribution in [0.1, 0.15) is 213 Å². The normalized spacial score (nSPS) is 13.2. The van der Waals surface area contributed by atoms with Crippen molar-refractivity contribution in [2.75, 3.05) is 47.5 Å². The van der Waals surface area contributed by atoms with Crippen molar-refractivity contribution in [2.45, 2.75) is 225 Å². The summed E-state index contributed by atoms with van der Waals surface area (Å²) < 4.78 is 22.6. The van der Waals surface area contributed by atoms with Crippen LogP contribution < -0.4 is 5.11 Å². The van der Waals surface area contributed by atoms with Crippen LogP contribution in [0.2, 0.25) is 0 Å². The van der Waals surface area contributed by atoms with Crippen LogP contribution >= 0.6 is 0 Å². The van der Waals surface area contributed by atoms with E-state index in [-0.39, 0.29) is 32.2 Å². The molecule has 0 aliphatic carbocycles. The number of hydrogen-bond acceptors (Lipinski definition) is 8. The van der Waals surface area contributed by atoms with Crippen LogP contribution in [-0.4, -0.2) is 82.3 Å².